The summed E-state index contributed by atoms with van der Waals surface area (Å²) >= 11 is 0. The lowest BCUT2D eigenvalue weighted by Crippen LogP contribution is -2.53. The first kappa shape index (κ1) is 18.1. The fourth-order valence-corrected chi connectivity index (χ4v) is 4.46. The van der Waals surface area contributed by atoms with Crippen molar-refractivity contribution in [2.75, 3.05) is 45.9 Å². The molecule has 0 spiro atoms. The molecule has 1 unspecified atom stereocenters. The molecule has 2 aliphatic heterocycles. The minimum Gasteiger partial charge on any atom is -0.379 e. The Morgan fingerprint density at radius 1 is 1.14 bits per heavy atom. The summed E-state index contributed by atoms with van der Waals surface area (Å²) in [4.78, 5) is 2.34. The highest BCUT2D eigenvalue weighted by Gasteiger charge is 2.29. The first-order chi connectivity index (χ1) is 10.4. The van der Waals surface area contributed by atoms with Gasteiger partial charge in [-0.15, -0.1) is 0 Å². The molecule has 0 aromatic heterocycles. The van der Waals surface area contributed by atoms with Crippen molar-refractivity contribution >= 4 is 10.2 Å². The zero-order chi connectivity index (χ0) is 16.2. The van der Waals surface area contributed by atoms with Crippen LogP contribution < -0.4 is 4.72 Å². The fraction of sp³-hybridized carbons (Fsp3) is 1.00. The van der Waals surface area contributed by atoms with Gasteiger partial charge in [0.25, 0.3) is 10.2 Å². The van der Waals surface area contributed by atoms with Crippen molar-refractivity contribution in [2.24, 2.45) is 11.8 Å². The second-order valence-corrected chi connectivity index (χ2v) is 8.65. The van der Waals surface area contributed by atoms with E-state index in [4.69, 9.17) is 4.74 Å². The molecule has 0 aromatic rings. The van der Waals surface area contributed by atoms with Gasteiger partial charge in [0.2, 0.25) is 0 Å². The molecule has 2 saturated heterocycles. The lowest BCUT2D eigenvalue weighted by atomic mass is 10.0. The Morgan fingerprint density at radius 2 is 1.73 bits per heavy atom. The zero-order valence-corrected chi connectivity index (χ0v) is 14.9. The molecule has 2 heterocycles. The van der Waals surface area contributed by atoms with Crippen molar-refractivity contribution in [3.8, 4) is 0 Å². The van der Waals surface area contributed by atoms with Crippen LogP contribution in [0.5, 0.6) is 0 Å². The molecule has 1 atom stereocenters. The molecule has 0 bridgehead atoms. The second kappa shape index (κ2) is 8.06. The van der Waals surface area contributed by atoms with Crippen LogP contribution in [0.15, 0.2) is 0 Å². The predicted octanol–water partition coefficient (Wildman–Crippen LogP) is 0.910. The Labute approximate surface area is 135 Å². The molecule has 130 valence electrons. The Hall–Kier alpha value is -0.210. The van der Waals surface area contributed by atoms with E-state index >= 15 is 0 Å². The molecule has 0 aromatic carbocycles. The van der Waals surface area contributed by atoms with E-state index in [0.29, 0.717) is 31.5 Å². The van der Waals surface area contributed by atoms with Crippen LogP contribution in [0.3, 0.4) is 0 Å². The van der Waals surface area contributed by atoms with E-state index in [1.54, 1.807) is 4.31 Å². The summed E-state index contributed by atoms with van der Waals surface area (Å²) in [6, 6.07) is 0.224. The van der Waals surface area contributed by atoms with Crippen molar-refractivity contribution < 1.29 is 13.2 Å². The first-order valence-corrected chi connectivity index (χ1v) is 9.90. The summed E-state index contributed by atoms with van der Waals surface area (Å²) < 4.78 is 34.8. The SMILES string of the molecule is CC1CCN(S(=O)(=O)NCC(C(C)C)N2CCOCC2)CC1. The van der Waals surface area contributed by atoms with Crippen LogP contribution in [0.25, 0.3) is 0 Å². The van der Waals surface area contributed by atoms with Gasteiger partial charge in [0, 0.05) is 38.8 Å². The minimum atomic E-state index is -3.35. The highest BCUT2D eigenvalue weighted by molar-refractivity contribution is 7.87. The summed E-state index contributed by atoms with van der Waals surface area (Å²) in [6.07, 6.45) is 1.91. The third-order valence-corrected chi connectivity index (χ3v) is 6.42. The average Bonchev–Trinajstić information content (AvgIpc) is 2.48. The number of nitrogens with one attached hydrogen (secondary N) is 1. The minimum absolute atomic E-state index is 0.224. The number of hydrogen-bond acceptors (Lipinski definition) is 4. The lowest BCUT2D eigenvalue weighted by molar-refractivity contribution is 0.00767. The van der Waals surface area contributed by atoms with Crippen molar-refractivity contribution in [1.82, 2.24) is 13.9 Å². The van der Waals surface area contributed by atoms with E-state index in [1.807, 2.05) is 0 Å². The van der Waals surface area contributed by atoms with Gasteiger partial charge in [-0.1, -0.05) is 20.8 Å². The Bertz CT molecular complexity index is 427. The molecule has 0 amide bonds. The second-order valence-electron chi connectivity index (χ2n) is 6.89. The highest BCUT2D eigenvalue weighted by Crippen LogP contribution is 2.18. The largest absolute Gasteiger partial charge is 0.379 e. The van der Waals surface area contributed by atoms with E-state index in [9.17, 15) is 8.42 Å². The molecule has 7 heteroatoms. The van der Waals surface area contributed by atoms with Gasteiger partial charge >= 0.3 is 0 Å². The average molecular weight is 333 g/mol. The van der Waals surface area contributed by atoms with Gasteiger partial charge in [0.05, 0.1) is 13.2 Å². The van der Waals surface area contributed by atoms with E-state index in [0.717, 1.165) is 39.1 Å². The summed E-state index contributed by atoms with van der Waals surface area (Å²) in [7, 11) is -3.35. The quantitative estimate of drug-likeness (QED) is 0.785. The van der Waals surface area contributed by atoms with Crippen LogP contribution in [-0.2, 0) is 14.9 Å². The maximum atomic E-state index is 12.5. The summed E-state index contributed by atoms with van der Waals surface area (Å²) in [5, 5.41) is 0. The highest BCUT2D eigenvalue weighted by atomic mass is 32.2. The van der Waals surface area contributed by atoms with E-state index in [1.165, 1.54) is 0 Å². The van der Waals surface area contributed by atoms with Gasteiger partial charge in [-0.2, -0.15) is 12.7 Å². The zero-order valence-electron chi connectivity index (χ0n) is 14.1. The van der Waals surface area contributed by atoms with Gasteiger partial charge in [-0.25, -0.2) is 4.72 Å². The Balaban J connectivity index is 1.90. The number of rotatable bonds is 6. The summed E-state index contributed by atoms with van der Waals surface area (Å²) in [5.74, 6) is 1.03. The molecular formula is C15H31N3O3S. The molecule has 2 aliphatic rings. The molecule has 1 N–H and O–H groups in total. The van der Waals surface area contributed by atoms with Gasteiger partial charge in [-0.05, 0) is 24.7 Å². The third-order valence-electron chi connectivity index (χ3n) is 4.84. The standard InChI is InChI=1S/C15H31N3O3S/c1-13(2)15(17-8-10-21-11-9-17)12-16-22(19,20)18-6-4-14(3)5-7-18/h13-16H,4-12H2,1-3H3. The smallest absolute Gasteiger partial charge is 0.279 e. The molecule has 22 heavy (non-hydrogen) atoms. The summed E-state index contributed by atoms with van der Waals surface area (Å²) in [6.45, 7) is 11.5. The molecule has 0 saturated carbocycles. The number of nitrogens with zero attached hydrogens (tertiary/aromatic N) is 2. The van der Waals surface area contributed by atoms with E-state index < -0.39 is 10.2 Å². The van der Waals surface area contributed by atoms with Crippen LogP contribution in [0.2, 0.25) is 0 Å². The Morgan fingerprint density at radius 3 is 2.27 bits per heavy atom. The third kappa shape index (κ3) is 4.89. The molecule has 2 rings (SSSR count). The van der Waals surface area contributed by atoms with Gasteiger partial charge < -0.3 is 4.74 Å². The van der Waals surface area contributed by atoms with Gasteiger partial charge in [-0.3, -0.25) is 4.90 Å². The maximum Gasteiger partial charge on any atom is 0.279 e. The number of piperidine rings is 1. The monoisotopic (exact) mass is 333 g/mol. The number of hydrogen-bond donors (Lipinski definition) is 1. The van der Waals surface area contributed by atoms with Crippen molar-refractivity contribution in [2.45, 2.75) is 39.7 Å². The van der Waals surface area contributed by atoms with Crippen LogP contribution in [0, 0.1) is 11.8 Å². The van der Waals surface area contributed by atoms with E-state index in [-0.39, 0.29) is 6.04 Å². The maximum absolute atomic E-state index is 12.5. The Kier molecular flexibility index (Phi) is 6.64. The van der Waals surface area contributed by atoms with Crippen LogP contribution in [0.1, 0.15) is 33.6 Å². The van der Waals surface area contributed by atoms with Crippen LogP contribution in [-0.4, -0.2) is 69.6 Å². The van der Waals surface area contributed by atoms with Gasteiger partial charge in [0.15, 0.2) is 0 Å². The molecule has 0 aliphatic carbocycles. The molecule has 6 nitrogen and oxygen atoms in total. The van der Waals surface area contributed by atoms with Crippen molar-refractivity contribution in [3.63, 3.8) is 0 Å². The van der Waals surface area contributed by atoms with Gasteiger partial charge in [0.1, 0.15) is 0 Å². The normalized spacial score (nSPS) is 24.7. The van der Waals surface area contributed by atoms with E-state index in [2.05, 4.69) is 30.4 Å². The number of morpholine rings is 1. The van der Waals surface area contributed by atoms with Crippen molar-refractivity contribution in [3.05, 3.63) is 0 Å². The number of ether oxygens (including phenoxy) is 1. The molecule has 0 radical (unpaired) electrons. The lowest BCUT2D eigenvalue weighted by Gasteiger charge is -2.37. The topological polar surface area (TPSA) is 61.9 Å². The fourth-order valence-electron chi connectivity index (χ4n) is 3.20. The van der Waals surface area contributed by atoms with Crippen LogP contribution >= 0.6 is 0 Å². The molecule has 2 fully saturated rings. The predicted molar refractivity (Wildman–Crippen MR) is 87.9 cm³/mol. The molecular weight excluding hydrogens is 302 g/mol. The first-order valence-electron chi connectivity index (χ1n) is 8.46. The van der Waals surface area contributed by atoms with Crippen LogP contribution in [0.4, 0.5) is 0 Å². The summed E-state index contributed by atoms with van der Waals surface area (Å²) in [5.41, 5.74) is 0. The van der Waals surface area contributed by atoms with Crippen molar-refractivity contribution in [1.29, 1.82) is 0 Å².